The molecule has 1 aliphatic carbocycles. The number of rotatable bonds is 9. The molecule has 4 heteroatoms. The third kappa shape index (κ3) is 5.39. The second kappa shape index (κ2) is 8.50. The van der Waals surface area contributed by atoms with Crippen molar-refractivity contribution >= 4 is 5.91 Å². The molecule has 3 rings (SSSR count). The smallest absolute Gasteiger partial charge is 0.234 e. The van der Waals surface area contributed by atoms with Crippen LogP contribution >= 0.6 is 0 Å². The van der Waals surface area contributed by atoms with E-state index >= 15 is 0 Å². The van der Waals surface area contributed by atoms with Crippen LogP contribution in [0.4, 0.5) is 0 Å². The molecule has 24 heavy (non-hydrogen) atoms. The van der Waals surface area contributed by atoms with Gasteiger partial charge in [0.05, 0.1) is 6.54 Å². The van der Waals surface area contributed by atoms with E-state index < -0.39 is 0 Å². The third-order valence-corrected chi connectivity index (χ3v) is 4.10. The summed E-state index contributed by atoms with van der Waals surface area (Å²) >= 11 is 0. The van der Waals surface area contributed by atoms with Crippen LogP contribution in [0.25, 0.3) is 0 Å². The van der Waals surface area contributed by atoms with E-state index in [1.807, 2.05) is 54.6 Å². The molecule has 1 fully saturated rings. The van der Waals surface area contributed by atoms with Crippen molar-refractivity contribution in [3.8, 4) is 5.75 Å². The minimum atomic E-state index is 0.0218. The fourth-order valence-corrected chi connectivity index (χ4v) is 2.49. The fraction of sp³-hybridized carbons (Fsp3) is 0.350. The van der Waals surface area contributed by atoms with Crippen molar-refractivity contribution in [1.82, 2.24) is 10.6 Å². The highest BCUT2D eigenvalue weighted by atomic mass is 16.5. The maximum atomic E-state index is 11.9. The van der Waals surface area contributed by atoms with Crippen molar-refractivity contribution < 1.29 is 9.53 Å². The molecule has 126 valence electrons. The van der Waals surface area contributed by atoms with Gasteiger partial charge in [-0.25, -0.2) is 0 Å². The van der Waals surface area contributed by atoms with Crippen LogP contribution in [0.3, 0.4) is 0 Å². The van der Waals surface area contributed by atoms with Crippen molar-refractivity contribution in [3.63, 3.8) is 0 Å². The number of carbonyl (C=O) groups excluding carboxylic acids is 1. The van der Waals surface area contributed by atoms with Gasteiger partial charge in [-0.1, -0.05) is 48.5 Å². The van der Waals surface area contributed by atoms with Crippen molar-refractivity contribution in [1.29, 1.82) is 0 Å². The van der Waals surface area contributed by atoms with Gasteiger partial charge < -0.3 is 15.4 Å². The normalized spacial score (nSPS) is 13.5. The molecule has 0 spiro atoms. The van der Waals surface area contributed by atoms with Crippen LogP contribution in [-0.4, -0.2) is 19.0 Å². The van der Waals surface area contributed by atoms with Crippen LogP contribution in [0, 0.1) is 5.92 Å². The quantitative estimate of drug-likeness (QED) is 0.746. The standard InChI is InChI=1S/C20H24N2O2/c23-20(14-21-12-16-10-11-16)22-13-18-8-4-5-9-19(18)24-15-17-6-2-1-3-7-17/h1-9,16,21H,10-15H2,(H,22,23). The molecule has 2 N–H and O–H groups in total. The monoisotopic (exact) mass is 324 g/mol. The largest absolute Gasteiger partial charge is 0.489 e. The molecule has 0 saturated heterocycles. The molecular weight excluding hydrogens is 300 g/mol. The van der Waals surface area contributed by atoms with Crippen molar-refractivity contribution in [3.05, 3.63) is 65.7 Å². The summed E-state index contributed by atoms with van der Waals surface area (Å²) in [6.45, 7) is 2.33. The van der Waals surface area contributed by atoms with Crippen molar-refractivity contribution in [2.45, 2.75) is 26.0 Å². The van der Waals surface area contributed by atoms with Crippen LogP contribution in [-0.2, 0) is 17.9 Å². The minimum absolute atomic E-state index is 0.0218. The molecule has 1 aliphatic rings. The van der Waals surface area contributed by atoms with Gasteiger partial charge in [-0.2, -0.15) is 0 Å². The first-order valence-electron chi connectivity index (χ1n) is 8.53. The first kappa shape index (κ1) is 16.5. The van der Waals surface area contributed by atoms with Gasteiger partial charge in [-0.15, -0.1) is 0 Å². The maximum absolute atomic E-state index is 11.9. The number of nitrogens with one attached hydrogen (secondary N) is 2. The Labute approximate surface area is 143 Å². The topological polar surface area (TPSA) is 50.4 Å². The molecular formula is C20H24N2O2. The minimum Gasteiger partial charge on any atom is -0.489 e. The first-order chi connectivity index (χ1) is 11.8. The molecule has 2 aromatic rings. The van der Waals surface area contributed by atoms with Gasteiger partial charge in [0, 0.05) is 12.1 Å². The number of hydrogen-bond donors (Lipinski definition) is 2. The van der Waals surface area contributed by atoms with Crippen molar-refractivity contribution in [2.24, 2.45) is 5.92 Å². The summed E-state index contributed by atoms with van der Waals surface area (Å²) < 4.78 is 5.91. The van der Waals surface area contributed by atoms with Gasteiger partial charge >= 0.3 is 0 Å². The lowest BCUT2D eigenvalue weighted by molar-refractivity contribution is -0.120. The van der Waals surface area contributed by atoms with E-state index in [4.69, 9.17) is 4.74 Å². The van der Waals surface area contributed by atoms with Gasteiger partial charge in [0.25, 0.3) is 0 Å². The first-order valence-corrected chi connectivity index (χ1v) is 8.53. The van der Waals surface area contributed by atoms with E-state index in [9.17, 15) is 4.79 Å². The van der Waals surface area contributed by atoms with E-state index in [2.05, 4.69) is 10.6 Å². The summed E-state index contributed by atoms with van der Waals surface area (Å²) in [5.41, 5.74) is 2.12. The zero-order chi connectivity index (χ0) is 16.6. The zero-order valence-corrected chi connectivity index (χ0v) is 13.8. The molecule has 0 heterocycles. The Bertz CT molecular complexity index is 654. The predicted octanol–water partition coefficient (Wildman–Crippen LogP) is 2.88. The molecule has 0 unspecified atom stereocenters. The van der Waals surface area contributed by atoms with Gasteiger partial charge in [0.2, 0.25) is 5.91 Å². The van der Waals surface area contributed by atoms with Crippen LogP contribution in [0.5, 0.6) is 5.75 Å². The summed E-state index contributed by atoms with van der Waals surface area (Å²) in [5.74, 6) is 1.62. The number of hydrogen-bond acceptors (Lipinski definition) is 3. The second-order valence-electron chi connectivity index (χ2n) is 6.23. The average molecular weight is 324 g/mol. The molecule has 0 aliphatic heterocycles. The second-order valence-corrected chi connectivity index (χ2v) is 6.23. The van der Waals surface area contributed by atoms with Crippen LogP contribution in [0.2, 0.25) is 0 Å². The molecule has 0 aromatic heterocycles. The van der Waals surface area contributed by atoms with E-state index in [1.54, 1.807) is 0 Å². The lowest BCUT2D eigenvalue weighted by Gasteiger charge is -2.12. The zero-order valence-electron chi connectivity index (χ0n) is 13.8. The summed E-state index contributed by atoms with van der Waals surface area (Å²) in [6, 6.07) is 17.9. The molecule has 1 amide bonds. The Kier molecular flexibility index (Phi) is 5.85. The van der Waals surface area contributed by atoms with E-state index in [1.165, 1.54) is 12.8 Å². The Hall–Kier alpha value is -2.33. The average Bonchev–Trinajstić information content (AvgIpc) is 3.44. The van der Waals surface area contributed by atoms with Crippen LogP contribution < -0.4 is 15.4 Å². The Morgan fingerprint density at radius 3 is 2.58 bits per heavy atom. The SMILES string of the molecule is O=C(CNCC1CC1)NCc1ccccc1OCc1ccccc1. The van der Waals surface area contributed by atoms with Gasteiger partial charge in [-0.3, -0.25) is 4.79 Å². The summed E-state index contributed by atoms with van der Waals surface area (Å²) in [4.78, 5) is 11.9. The van der Waals surface area contributed by atoms with Gasteiger partial charge in [-0.05, 0) is 36.9 Å². The number of ether oxygens (including phenoxy) is 1. The Morgan fingerprint density at radius 2 is 1.79 bits per heavy atom. The summed E-state index contributed by atoms with van der Waals surface area (Å²) in [7, 11) is 0. The Balaban J connectivity index is 1.46. The van der Waals surface area contributed by atoms with Gasteiger partial charge in [0.1, 0.15) is 12.4 Å². The lowest BCUT2D eigenvalue weighted by atomic mass is 10.2. The third-order valence-electron chi connectivity index (χ3n) is 4.10. The summed E-state index contributed by atoms with van der Waals surface area (Å²) in [5, 5.41) is 6.15. The van der Waals surface area contributed by atoms with Crippen molar-refractivity contribution in [2.75, 3.05) is 13.1 Å². The molecule has 1 saturated carbocycles. The number of amides is 1. The molecule has 0 bridgehead atoms. The fourth-order valence-electron chi connectivity index (χ4n) is 2.49. The molecule has 4 nitrogen and oxygen atoms in total. The number of carbonyl (C=O) groups is 1. The van der Waals surface area contributed by atoms with Crippen LogP contribution in [0.15, 0.2) is 54.6 Å². The Morgan fingerprint density at radius 1 is 1.04 bits per heavy atom. The number of benzene rings is 2. The van der Waals surface area contributed by atoms with E-state index in [0.717, 1.165) is 29.3 Å². The molecule has 2 aromatic carbocycles. The molecule has 0 atom stereocenters. The lowest BCUT2D eigenvalue weighted by Crippen LogP contribution is -2.34. The highest BCUT2D eigenvalue weighted by Crippen LogP contribution is 2.27. The maximum Gasteiger partial charge on any atom is 0.234 e. The highest BCUT2D eigenvalue weighted by molar-refractivity contribution is 5.78. The van der Waals surface area contributed by atoms with Gasteiger partial charge in [0.15, 0.2) is 0 Å². The summed E-state index contributed by atoms with van der Waals surface area (Å²) in [6.07, 6.45) is 2.58. The molecule has 0 radical (unpaired) electrons. The predicted molar refractivity (Wildman–Crippen MR) is 94.7 cm³/mol. The number of para-hydroxylation sites is 1. The van der Waals surface area contributed by atoms with Crippen LogP contribution in [0.1, 0.15) is 24.0 Å². The van der Waals surface area contributed by atoms with E-state index in [-0.39, 0.29) is 5.91 Å². The highest BCUT2D eigenvalue weighted by Gasteiger charge is 2.20. The van der Waals surface area contributed by atoms with E-state index in [0.29, 0.717) is 19.7 Å².